The second kappa shape index (κ2) is 25.2. The number of hydrogen-bond donors (Lipinski definition) is 1. The number of ether oxygens (including phenoxy) is 4. The number of aryl methyl sites for hydroxylation is 1. The Balaban J connectivity index is 0.000000171. The molecule has 1 N–H and O–H groups in total. The van der Waals surface area contributed by atoms with Crippen LogP contribution in [0, 0.1) is 6.92 Å². The van der Waals surface area contributed by atoms with Crippen molar-refractivity contribution in [3.8, 4) is 45.5 Å². The van der Waals surface area contributed by atoms with Crippen LogP contribution in [-0.2, 0) is 22.7 Å². The minimum Gasteiger partial charge on any atom is -0.488 e. The molecule has 0 unspecified atom stereocenters. The van der Waals surface area contributed by atoms with Crippen molar-refractivity contribution >= 4 is 46.3 Å². The molecule has 6 heterocycles. The number of rotatable bonds is 11. The highest BCUT2D eigenvalue weighted by atomic mass is 35.5. The summed E-state index contributed by atoms with van der Waals surface area (Å²) >= 11 is 0. The van der Waals surface area contributed by atoms with Crippen LogP contribution in [0.1, 0.15) is 142 Å². The summed E-state index contributed by atoms with van der Waals surface area (Å²) < 4.78 is 30.3. The summed E-state index contributed by atoms with van der Waals surface area (Å²) in [6.07, 6.45) is 20.9. The zero-order chi connectivity index (χ0) is 50.1. The third-order valence-electron chi connectivity index (χ3n) is 16.5. The number of benzene rings is 4. The molecule has 2 aliphatic carbocycles. The molecule has 4 aliphatic heterocycles. The topological polar surface area (TPSA) is 125 Å². The zero-order valence-corrected chi connectivity index (χ0v) is 44.2. The van der Waals surface area contributed by atoms with E-state index in [1.54, 1.807) is 11.6 Å². The Labute approximate surface area is 442 Å². The molecule has 0 radical (unpaired) electrons. The van der Waals surface area contributed by atoms with E-state index in [1.165, 1.54) is 160 Å². The maximum absolute atomic E-state index is 11.8. The number of carbonyl (C=O) groups is 1. The van der Waals surface area contributed by atoms with Crippen LogP contribution in [0.5, 0.6) is 23.0 Å². The van der Waals surface area contributed by atoms with Gasteiger partial charge in [-0.15, -0.1) is 12.4 Å². The normalized spacial score (nSPS) is 18.1. The maximum Gasteiger partial charge on any atom is 0.373 e. The molecule has 0 atom stereocenters. The molecule has 2 saturated heterocycles. The number of carbonyl (C=O) groups excluding carboxylic acids is 2. The average Bonchev–Trinajstić information content (AvgIpc) is 3.75. The molecule has 4 aromatic carbocycles. The van der Waals surface area contributed by atoms with Gasteiger partial charge in [-0.05, 0) is 155 Å². The number of aromatic nitrogens is 2. The Hall–Kier alpha value is -5.78. The van der Waals surface area contributed by atoms with Crippen LogP contribution >= 0.6 is 12.4 Å². The predicted octanol–water partition coefficient (Wildman–Crippen LogP) is 13.1. The Morgan fingerprint density at radius 3 is 1.47 bits per heavy atom. The van der Waals surface area contributed by atoms with Crippen LogP contribution < -0.4 is 18.9 Å². The van der Waals surface area contributed by atoms with Gasteiger partial charge in [0.15, 0.2) is 23.0 Å². The van der Waals surface area contributed by atoms with Gasteiger partial charge in [-0.25, -0.2) is 4.79 Å². The van der Waals surface area contributed by atoms with Crippen molar-refractivity contribution in [2.75, 3.05) is 65.7 Å². The molecule has 2 aromatic heterocycles. The number of aromatic carboxylic acids is 1. The molecule has 6 aromatic rings. The summed E-state index contributed by atoms with van der Waals surface area (Å²) in [6.45, 7) is 13.0. The van der Waals surface area contributed by atoms with Gasteiger partial charge in [-0.1, -0.05) is 81.7 Å². The largest absolute Gasteiger partial charge is 0.488 e. The van der Waals surface area contributed by atoms with Crippen LogP contribution in [0.15, 0.2) is 72.8 Å². The summed E-state index contributed by atoms with van der Waals surface area (Å²) in [4.78, 5) is 33.1. The fourth-order valence-corrected chi connectivity index (χ4v) is 13.0. The third kappa shape index (κ3) is 11.5. The first-order chi connectivity index (χ1) is 35.9. The molecule has 12 nitrogen and oxygen atoms in total. The van der Waals surface area contributed by atoms with Gasteiger partial charge < -0.3 is 33.2 Å². The first kappa shape index (κ1) is 53.1. The summed E-state index contributed by atoms with van der Waals surface area (Å²) in [5, 5.41) is 12.3. The van der Waals surface area contributed by atoms with E-state index in [0.717, 1.165) is 73.4 Å². The summed E-state index contributed by atoms with van der Waals surface area (Å²) in [5.74, 6) is 3.70. The Morgan fingerprint density at radius 2 is 1.01 bits per heavy atom. The summed E-state index contributed by atoms with van der Waals surface area (Å²) in [5.41, 5.74) is 11.8. The highest BCUT2D eigenvalue weighted by Crippen LogP contribution is 2.51. The van der Waals surface area contributed by atoms with Crippen molar-refractivity contribution < 1.29 is 38.4 Å². The molecule has 6 aliphatic rings. The molecule has 0 bridgehead atoms. The molecule has 394 valence electrons. The number of hydrogen-bond acceptors (Lipinski definition) is 9. The van der Waals surface area contributed by atoms with E-state index in [2.05, 4.69) is 74.4 Å². The highest BCUT2D eigenvalue weighted by molar-refractivity contribution is 5.99. The number of fused-ring (bicyclic) bond motifs is 10. The smallest absolute Gasteiger partial charge is 0.373 e. The number of nitrogens with zero attached hydrogens (tertiary/aromatic N) is 4. The number of halogens is 1. The SMILES string of the molecule is Cc1ccc2c(C3CCCCC3)c3n(c2c1)CCOc1c(OCCN2CCCCC2)cccc1-3.Cl.O=C(O)c1ccc2c(C3CCCCC3)c3n(c2c1)CCOc1c(OCCN2CCCCC2)cccc1-3.O=C=O. The molecule has 4 fully saturated rings. The van der Waals surface area contributed by atoms with Gasteiger partial charge in [0.1, 0.15) is 26.4 Å². The van der Waals surface area contributed by atoms with Crippen LogP contribution in [-0.4, -0.2) is 102 Å². The van der Waals surface area contributed by atoms with E-state index in [1.807, 2.05) is 18.2 Å². The molecule has 74 heavy (non-hydrogen) atoms. The lowest BCUT2D eigenvalue weighted by Crippen LogP contribution is -2.33. The number of piperidine rings is 2. The van der Waals surface area contributed by atoms with E-state index in [4.69, 9.17) is 28.5 Å². The van der Waals surface area contributed by atoms with E-state index < -0.39 is 5.97 Å². The summed E-state index contributed by atoms with van der Waals surface area (Å²) in [6, 6.07) is 25.4. The van der Waals surface area contributed by atoms with Crippen LogP contribution in [0.3, 0.4) is 0 Å². The Kier molecular flexibility index (Phi) is 18.0. The molecule has 12 rings (SSSR count). The summed E-state index contributed by atoms with van der Waals surface area (Å²) in [7, 11) is 0. The van der Waals surface area contributed by atoms with E-state index in [-0.39, 0.29) is 18.6 Å². The lowest BCUT2D eigenvalue weighted by Gasteiger charge is -2.26. The number of carboxylic acids is 1. The molecule has 0 amide bonds. The Bertz CT molecular complexity index is 2900. The predicted molar refractivity (Wildman–Crippen MR) is 293 cm³/mol. The number of likely N-dealkylation sites (tertiary alicyclic amines) is 2. The molecule has 2 saturated carbocycles. The van der Waals surface area contributed by atoms with Crippen molar-refractivity contribution in [2.24, 2.45) is 0 Å². The minimum absolute atomic E-state index is 0. The van der Waals surface area contributed by atoms with Gasteiger partial charge in [-0.2, -0.15) is 9.59 Å². The first-order valence-electron chi connectivity index (χ1n) is 27.7. The van der Waals surface area contributed by atoms with Gasteiger partial charge in [0.25, 0.3) is 0 Å². The zero-order valence-electron chi connectivity index (χ0n) is 43.4. The average molecular weight is 1030 g/mol. The van der Waals surface area contributed by atoms with E-state index in [9.17, 15) is 9.90 Å². The van der Waals surface area contributed by atoms with Crippen molar-refractivity contribution in [3.63, 3.8) is 0 Å². The van der Waals surface area contributed by atoms with Crippen molar-refractivity contribution in [3.05, 3.63) is 95.1 Å². The standard InChI is InChI=1S/C30H36N2O4.C30H38N2O2.CO2.ClH/c33-30(34)22-12-13-23-25(20-22)32-17-19-36-29-24(28(32)27(23)21-8-3-1-4-9-21)10-7-11-26(29)35-18-16-31-14-5-2-6-15-31;1-22-13-14-24-26(21-22)32-18-20-34-30-25(29(32)28(24)23-9-4-2-5-10-23)11-8-12-27(30)33-19-17-31-15-6-3-7-16-31;2-1-3;/h7,10-13,20-21H,1-6,8-9,14-19H2,(H,33,34);8,11-14,21,23H,2-7,9-10,15-20H2,1H3;;1H. The van der Waals surface area contributed by atoms with Gasteiger partial charge in [0, 0.05) is 46.0 Å². The highest BCUT2D eigenvalue weighted by Gasteiger charge is 2.33. The molecular weight excluding hydrogens is 952 g/mol. The van der Waals surface area contributed by atoms with Crippen LogP contribution in [0.4, 0.5) is 0 Å². The van der Waals surface area contributed by atoms with Gasteiger partial charge in [0.05, 0.1) is 30.0 Å². The first-order valence-corrected chi connectivity index (χ1v) is 27.7. The second-order valence-electron chi connectivity index (χ2n) is 21.1. The van der Waals surface area contributed by atoms with Gasteiger partial charge in [0.2, 0.25) is 0 Å². The van der Waals surface area contributed by atoms with Crippen LogP contribution in [0.25, 0.3) is 44.3 Å². The monoisotopic (exact) mass is 1030 g/mol. The fourth-order valence-electron chi connectivity index (χ4n) is 13.0. The van der Waals surface area contributed by atoms with E-state index in [0.29, 0.717) is 43.8 Å². The van der Waals surface area contributed by atoms with Crippen LogP contribution in [0.2, 0.25) is 0 Å². The Morgan fingerprint density at radius 1 is 0.581 bits per heavy atom. The van der Waals surface area contributed by atoms with E-state index >= 15 is 0 Å². The second-order valence-corrected chi connectivity index (χ2v) is 21.1. The third-order valence-corrected chi connectivity index (χ3v) is 16.5. The molecule has 0 spiro atoms. The van der Waals surface area contributed by atoms with Crippen molar-refractivity contribution in [2.45, 2.75) is 135 Å². The lowest BCUT2D eigenvalue weighted by molar-refractivity contribution is -0.191. The van der Waals surface area contributed by atoms with Gasteiger partial charge >= 0.3 is 12.1 Å². The number of para-hydroxylation sites is 2. The van der Waals surface area contributed by atoms with Crippen molar-refractivity contribution in [1.29, 1.82) is 0 Å². The fraction of sp³-hybridized carbons (Fsp3) is 0.508. The maximum atomic E-state index is 11.8. The van der Waals surface area contributed by atoms with Crippen molar-refractivity contribution in [1.82, 2.24) is 18.9 Å². The number of carboxylic acid groups (broad SMARTS) is 1. The molecule has 13 heteroatoms. The molecular formula is C61H75ClN4O8. The van der Waals surface area contributed by atoms with Gasteiger partial charge in [-0.3, -0.25) is 9.80 Å². The minimum atomic E-state index is -0.888. The quantitative estimate of drug-likeness (QED) is 0.134. The lowest BCUT2D eigenvalue weighted by atomic mass is 9.81.